The van der Waals surface area contributed by atoms with E-state index in [4.69, 9.17) is 0 Å². The summed E-state index contributed by atoms with van der Waals surface area (Å²) in [5, 5.41) is 23.1. The zero-order chi connectivity index (χ0) is 16.0. The molecule has 0 saturated carbocycles. The van der Waals surface area contributed by atoms with E-state index >= 15 is 0 Å². The molecule has 3 N–H and O–H groups in total. The van der Waals surface area contributed by atoms with E-state index in [9.17, 15) is 5.11 Å². The molecule has 1 atom stereocenters. The summed E-state index contributed by atoms with van der Waals surface area (Å²) >= 11 is 1.68. The molecule has 0 spiro atoms. The first-order chi connectivity index (χ1) is 10.5. The number of rotatable bonds is 6. The molecule has 22 heavy (non-hydrogen) atoms. The Morgan fingerprint density at radius 3 is 2.91 bits per heavy atom. The van der Waals surface area contributed by atoms with Crippen molar-refractivity contribution in [3.8, 4) is 0 Å². The van der Waals surface area contributed by atoms with E-state index in [0.29, 0.717) is 19.0 Å². The predicted molar refractivity (Wildman–Crippen MR) is 89.9 cm³/mol. The molecule has 0 aromatic carbocycles. The summed E-state index contributed by atoms with van der Waals surface area (Å²) in [7, 11) is 1.83. The van der Waals surface area contributed by atoms with Crippen LogP contribution in [-0.4, -0.2) is 33.9 Å². The number of hydrogen-bond acceptors (Lipinski definition) is 4. The standard InChI is InChI=1S/C15H23N5OS/c1-4-16-14(17-9-13-6-5-7-22-13)18-11-15(2,21)12-8-19-20(3)10-12/h5-8,10,21H,4,9,11H2,1-3H3,(H2,16,17,18). The average Bonchev–Trinajstić information content (AvgIpc) is 3.13. The van der Waals surface area contributed by atoms with Crippen LogP contribution in [0.5, 0.6) is 0 Å². The van der Waals surface area contributed by atoms with E-state index < -0.39 is 5.60 Å². The van der Waals surface area contributed by atoms with Crippen molar-refractivity contribution in [1.29, 1.82) is 0 Å². The minimum absolute atomic E-state index is 0.356. The van der Waals surface area contributed by atoms with Gasteiger partial charge in [0.25, 0.3) is 0 Å². The van der Waals surface area contributed by atoms with E-state index in [2.05, 4.69) is 26.8 Å². The summed E-state index contributed by atoms with van der Waals surface area (Å²) in [6.45, 7) is 5.53. The molecule has 0 amide bonds. The van der Waals surface area contributed by atoms with Crippen LogP contribution in [0.1, 0.15) is 24.3 Å². The first-order valence-corrected chi connectivity index (χ1v) is 8.15. The number of nitrogens with zero attached hydrogens (tertiary/aromatic N) is 3. The third kappa shape index (κ3) is 4.57. The number of thiophene rings is 1. The van der Waals surface area contributed by atoms with Crippen molar-refractivity contribution in [2.45, 2.75) is 26.0 Å². The van der Waals surface area contributed by atoms with Gasteiger partial charge in [0.2, 0.25) is 0 Å². The Morgan fingerprint density at radius 2 is 2.32 bits per heavy atom. The predicted octanol–water partition coefficient (Wildman–Crippen LogP) is 1.44. The van der Waals surface area contributed by atoms with Crippen LogP contribution in [0.4, 0.5) is 0 Å². The van der Waals surface area contributed by atoms with Gasteiger partial charge in [-0.2, -0.15) is 5.10 Å². The molecule has 2 rings (SSSR count). The second kappa shape index (κ2) is 7.42. The van der Waals surface area contributed by atoms with Crippen LogP contribution in [0.3, 0.4) is 0 Å². The average molecular weight is 321 g/mol. The van der Waals surface area contributed by atoms with E-state index in [1.165, 1.54) is 4.88 Å². The Morgan fingerprint density at radius 1 is 1.50 bits per heavy atom. The van der Waals surface area contributed by atoms with Crippen LogP contribution >= 0.6 is 11.3 Å². The highest BCUT2D eigenvalue weighted by Crippen LogP contribution is 2.18. The van der Waals surface area contributed by atoms with Gasteiger partial charge in [-0.25, -0.2) is 4.99 Å². The molecule has 7 heteroatoms. The number of guanidine groups is 1. The zero-order valence-corrected chi connectivity index (χ0v) is 14.0. The molecule has 0 radical (unpaired) electrons. The van der Waals surface area contributed by atoms with Crippen molar-refractivity contribution in [3.05, 3.63) is 40.3 Å². The quantitative estimate of drug-likeness (QED) is 0.556. The molecule has 1 unspecified atom stereocenters. The van der Waals surface area contributed by atoms with Gasteiger partial charge in [0.1, 0.15) is 5.60 Å². The Labute approximate surface area is 134 Å². The minimum Gasteiger partial charge on any atom is -0.383 e. The summed E-state index contributed by atoms with van der Waals surface area (Å²) in [4.78, 5) is 5.74. The number of aliphatic imine (C=N–C) groups is 1. The third-order valence-electron chi connectivity index (χ3n) is 3.24. The van der Waals surface area contributed by atoms with Crippen molar-refractivity contribution in [1.82, 2.24) is 20.4 Å². The zero-order valence-electron chi connectivity index (χ0n) is 13.2. The van der Waals surface area contributed by atoms with Crippen LogP contribution < -0.4 is 10.6 Å². The number of nitrogens with one attached hydrogen (secondary N) is 2. The van der Waals surface area contributed by atoms with E-state index in [-0.39, 0.29) is 0 Å². The molecule has 0 saturated heterocycles. The molecule has 0 fully saturated rings. The first-order valence-electron chi connectivity index (χ1n) is 7.27. The molecule has 2 aromatic heterocycles. The fourth-order valence-corrected chi connectivity index (χ4v) is 2.59. The van der Waals surface area contributed by atoms with Crippen molar-refractivity contribution in [2.75, 3.05) is 13.1 Å². The van der Waals surface area contributed by atoms with E-state index in [1.54, 1.807) is 29.1 Å². The molecular weight excluding hydrogens is 298 g/mol. The van der Waals surface area contributed by atoms with Crippen molar-refractivity contribution in [2.24, 2.45) is 12.0 Å². The van der Waals surface area contributed by atoms with Gasteiger partial charge in [0.05, 0.1) is 19.3 Å². The van der Waals surface area contributed by atoms with Crippen LogP contribution in [0.2, 0.25) is 0 Å². The Balaban J connectivity index is 1.97. The van der Waals surface area contributed by atoms with Gasteiger partial charge in [0.15, 0.2) is 5.96 Å². The fraction of sp³-hybridized carbons (Fsp3) is 0.467. The molecule has 120 valence electrons. The Bertz CT molecular complexity index is 603. The summed E-state index contributed by atoms with van der Waals surface area (Å²) in [5.74, 6) is 0.695. The topological polar surface area (TPSA) is 74.5 Å². The number of aryl methyl sites for hydroxylation is 1. The van der Waals surface area contributed by atoms with E-state index in [1.807, 2.05) is 31.6 Å². The van der Waals surface area contributed by atoms with Crippen molar-refractivity contribution in [3.63, 3.8) is 0 Å². The normalized spacial score (nSPS) is 14.6. The molecule has 0 aliphatic carbocycles. The molecule has 0 aliphatic heterocycles. The lowest BCUT2D eigenvalue weighted by Gasteiger charge is -2.23. The molecule has 6 nitrogen and oxygen atoms in total. The smallest absolute Gasteiger partial charge is 0.191 e. The van der Waals surface area contributed by atoms with Gasteiger partial charge in [0, 0.05) is 30.2 Å². The van der Waals surface area contributed by atoms with Crippen LogP contribution in [0, 0.1) is 0 Å². The second-order valence-corrected chi connectivity index (χ2v) is 6.34. The van der Waals surface area contributed by atoms with Crippen LogP contribution in [0.15, 0.2) is 34.9 Å². The van der Waals surface area contributed by atoms with Gasteiger partial charge in [-0.15, -0.1) is 11.3 Å². The van der Waals surface area contributed by atoms with Gasteiger partial charge in [-0.1, -0.05) is 6.07 Å². The summed E-state index contributed by atoms with van der Waals surface area (Å²) in [6, 6.07) is 4.08. The summed E-state index contributed by atoms with van der Waals surface area (Å²) in [5.41, 5.74) is -0.232. The van der Waals surface area contributed by atoms with Gasteiger partial charge < -0.3 is 15.7 Å². The molecule has 0 bridgehead atoms. The maximum atomic E-state index is 10.6. The minimum atomic E-state index is -1.01. The number of hydrogen-bond donors (Lipinski definition) is 3. The molecule has 2 heterocycles. The van der Waals surface area contributed by atoms with Gasteiger partial charge in [-0.3, -0.25) is 4.68 Å². The van der Waals surface area contributed by atoms with Crippen LogP contribution in [0.25, 0.3) is 0 Å². The Hall–Kier alpha value is -1.86. The maximum Gasteiger partial charge on any atom is 0.191 e. The maximum absolute atomic E-state index is 10.6. The van der Waals surface area contributed by atoms with Crippen molar-refractivity contribution < 1.29 is 5.11 Å². The van der Waals surface area contributed by atoms with Gasteiger partial charge >= 0.3 is 0 Å². The highest BCUT2D eigenvalue weighted by molar-refractivity contribution is 7.09. The van der Waals surface area contributed by atoms with Crippen molar-refractivity contribution >= 4 is 17.3 Å². The fourth-order valence-electron chi connectivity index (χ4n) is 1.96. The van der Waals surface area contributed by atoms with Gasteiger partial charge in [-0.05, 0) is 25.3 Å². The highest BCUT2D eigenvalue weighted by atomic mass is 32.1. The number of aliphatic hydroxyl groups is 1. The molecule has 0 aliphatic rings. The lowest BCUT2D eigenvalue weighted by molar-refractivity contribution is 0.0616. The monoisotopic (exact) mass is 321 g/mol. The Kier molecular flexibility index (Phi) is 5.57. The molecular formula is C15H23N5OS. The number of aromatic nitrogens is 2. The summed E-state index contributed by atoms with van der Waals surface area (Å²) in [6.07, 6.45) is 3.49. The van der Waals surface area contributed by atoms with E-state index in [0.717, 1.165) is 12.1 Å². The third-order valence-corrected chi connectivity index (χ3v) is 4.11. The van der Waals surface area contributed by atoms with Crippen LogP contribution in [-0.2, 0) is 19.2 Å². The second-order valence-electron chi connectivity index (χ2n) is 5.30. The lowest BCUT2D eigenvalue weighted by atomic mass is 10.00. The first kappa shape index (κ1) is 16.5. The highest BCUT2D eigenvalue weighted by Gasteiger charge is 2.24. The SMILES string of the molecule is CCNC(=NCc1cccs1)NCC(C)(O)c1cnn(C)c1. The summed E-state index contributed by atoms with van der Waals surface area (Å²) < 4.78 is 1.68. The largest absolute Gasteiger partial charge is 0.383 e. The molecule has 2 aromatic rings. The lowest BCUT2D eigenvalue weighted by Crippen LogP contribution is -2.44.